The number of hydrogen-bond donors (Lipinski definition) is 1. The number of aryl methyl sites for hydroxylation is 1. The molecule has 7 nitrogen and oxygen atoms in total. The van der Waals surface area contributed by atoms with Gasteiger partial charge in [0.05, 0.1) is 0 Å². The van der Waals surface area contributed by atoms with Gasteiger partial charge < -0.3 is 5.73 Å². The SMILES string of the molecule is CC1CN2CCCC2CN1S(=O)(=O)c1cn(C)nc1N. The second-order valence-corrected chi connectivity index (χ2v) is 7.63. The number of hydrogen-bond acceptors (Lipinski definition) is 5. The van der Waals surface area contributed by atoms with Crippen molar-refractivity contribution in [3.05, 3.63) is 6.20 Å². The van der Waals surface area contributed by atoms with Crippen LogP contribution in [0.3, 0.4) is 0 Å². The van der Waals surface area contributed by atoms with E-state index >= 15 is 0 Å². The van der Waals surface area contributed by atoms with Crippen LogP contribution in [0.5, 0.6) is 0 Å². The molecule has 0 radical (unpaired) electrons. The monoisotopic (exact) mass is 299 g/mol. The molecule has 0 amide bonds. The van der Waals surface area contributed by atoms with Gasteiger partial charge in [-0.05, 0) is 26.3 Å². The van der Waals surface area contributed by atoms with E-state index in [0.29, 0.717) is 12.6 Å². The predicted molar refractivity (Wildman–Crippen MR) is 75.6 cm³/mol. The van der Waals surface area contributed by atoms with Gasteiger partial charge in [0.25, 0.3) is 0 Å². The van der Waals surface area contributed by atoms with Crippen molar-refractivity contribution in [2.75, 3.05) is 25.4 Å². The molecule has 2 fully saturated rings. The summed E-state index contributed by atoms with van der Waals surface area (Å²) in [6.45, 7) is 4.39. The summed E-state index contributed by atoms with van der Waals surface area (Å²) in [5.41, 5.74) is 5.74. The van der Waals surface area contributed by atoms with E-state index in [-0.39, 0.29) is 16.8 Å². The lowest BCUT2D eigenvalue weighted by molar-refractivity contribution is 0.117. The molecule has 20 heavy (non-hydrogen) atoms. The van der Waals surface area contributed by atoms with Crippen LogP contribution < -0.4 is 5.73 Å². The molecule has 0 spiro atoms. The number of rotatable bonds is 2. The van der Waals surface area contributed by atoms with E-state index in [1.165, 1.54) is 10.9 Å². The first-order chi connectivity index (χ1) is 9.39. The maximum atomic E-state index is 12.8. The fourth-order valence-corrected chi connectivity index (χ4v) is 5.06. The molecule has 2 saturated heterocycles. The van der Waals surface area contributed by atoms with E-state index in [4.69, 9.17) is 5.73 Å². The third kappa shape index (κ3) is 2.11. The summed E-state index contributed by atoms with van der Waals surface area (Å²) in [6.07, 6.45) is 3.71. The maximum absolute atomic E-state index is 12.8. The molecular formula is C12H21N5O2S. The van der Waals surface area contributed by atoms with E-state index in [1.54, 1.807) is 11.4 Å². The maximum Gasteiger partial charge on any atom is 0.248 e. The van der Waals surface area contributed by atoms with E-state index in [1.807, 2.05) is 6.92 Å². The van der Waals surface area contributed by atoms with Crippen LogP contribution in [-0.4, -0.2) is 59.1 Å². The lowest BCUT2D eigenvalue weighted by atomic mass is 10.1. The van der Waals surface area contributed by atoms with Crippen LogP contribution in [0.25, 0.3) is 0 Å². The zero-order chi connectivity index (χ0) is 14.5. The lowest BCUT2D eigenvalue weighted by Crippen LogP contribution is -2.56. The summed E-state index contributed by atoms with van der Waals surface area (Å²) in [7, 11) is -1.89. The largest absolute Gasteiger partial charge is 0.381 e. The Bertz CT molecular complexity index is 611. The van der Waals surface area contributed by atoms with Crippen LogP contribution in [0.1, 0.15) is 19.8 Å². The molecule has 1 aromatic heterocycles. The number of fused-ring (bicyclic) bond motifs is 1. The van der Waals surface area contributed by atoms with Crippen LogP contribution in [0, 0.1) is 0 Å². The fraction of sp³-hybridized carbons (Fsp3) is 0.750. The first-order valence-corrected chi connectivity index (χ1v) is 8.38. The number of sulfonamides is 1. The van der Waals surface area contributed by atoms with Crippen molar-refractivity contribution in [3.63, 3.8) is 0 Å². The normalized spacial score (nSPS) is 28.7. The van der Waals surface area contributed by atoms with E-state index in [9.17, 15) is 8.42 Å². The highest BCUT2D eigenvalue weighted by Gasteiger charge is 2.41. The molecule has 0 aliphatic carbocycles. The van der Waals surface area contributed by atoms with Gasteiger partial charge in [-0.3, -0.25) is 9.58 Å². The molecule has 3 heterocycles. The van der Waals surface area contributed by atoms with Crippen molar-refractivity contribution in [2.45, 2.75) is 36.7 Å². The van der Waals surface area contributed by atoms with Crippen LogP contribution in [0.15, 0.2) is 11.1 Å². The van der Waals surface area contributed by atoms with Gasteiger partial charge in [0, 0.05) is 38.4 Å². The quantitative estimate of drug-likeness (QED) is 0.821. The number of anilines is 1. The Labute approximate surface area is 119 Å². The highest BCUT2D eigenvalue weighted by molar-refractivity contribution is 7.89. The first kappa shape index (κ1) is 13.8. The van der Waals surface area contributed by atoms with Gasteiger partial charge in [-0.15, -0.1) is 0 Å². The zero-order valence-electron chi connectivity index (χ0n) is 11.9. The van der Waals surface area contributed by atoms with Crippen molar-refractivity contribution in [1.29, 1.82) is 0 Å². The van der Waals surface area contributed by atoms with Crippen molar-refractivity contribution in [2.24, 2.45) is 7.05 Å². The number of nitrogens with zero attached hydrogens (tertiary/aromatic N) is 4. The summed E-state index contributed by atoms with van der Waals surface area (Å²) in [4.78, 5) is 2.52. The van der Waals surface area contributed by atoms with Crippen LogP contribution in [0.2, 0.25) is 0 Å². The van der Waals surface area contributed by atoms with Crippen molar-refractivity contribution in [3.8, 4) is 0 Å². The Hall–Kier alpha value is -1.12. The zero-order valence-corrected chi connectivity index (χ0v) is 12.7. The van der Waals surface area contributed by atoms with Crippen LogP contribution in [-0.2, 0) is 17.1 Å². The molecule has 2 N–H and O–H groups in total. The molecule has 2 unspecified atom stereocenters. The average molecular weight is 299 g/mol. The molecule has 0 aromatic carbocycles. The highest BCUT2D eigenvalue weighted by Crippen LogP contribution is 2.30. The summed E-state index contributed by atoms with van der Waals surface area (Å²) in [5.74, 6) is 0.0774. The summed E-state index contributed by atoms with van der Waals surface area (Å²) >= 11 is 0. The standard InChI is InChI=1S/C12H21N5O2S/c1-9-6-16-5-3-4-10(16)7-17(9)20(18,19)11-8-15(2)14-12(11)13/h8-10H,3-7H2,1-2H3,(H2,13,14). The molecule has 0 bridgehead atoms. The van der Waals surface area contributed by atoms with Crippen molar-refractivity contribution < 1.29 is 8.42 Å². The number of piperazine rings is 1. The molecular weight excluding hydrogens is 278 g/mol. The number of aromatic nitrogens is 2. The third-order valence-corrected chi connectivity index (χ3v) is 6.29. The number of nitrogens with two attached hydrogens (primary N) is 1. The molecule has 2 aliphatic rings. The van der Waals surface area contributed by atoms with Gasteiger partial charge in [-0.25, -0.2) is 8.42 Å². The molecule has 2 atom stereocenters. The van der Waals surface area contributed by atoms with Gasteiger partial charge >= 0.3 is 0 Å². The average Bonchev–Trinajstić information content (AvgIpc) is 2.94. The van der Waals surface area contributed by atoms with Gasteiger partial charge in [-0.2, -0.15) is 9.40 Å². The van der Waals surface area contributed by atoms with Crippen molar-refractivity contribution in [1.82, 2.24) is 19.0 Å². The second kappa shape index (κ2) is 4.71. The Morgan fingerprint density at radius 1 is 1.40 bits per heavy atom. The molecule has 8 heteroatoms. The Kier molecular flexibility index (Phi) is 3.26. The minimum absolute atomic E-state index is 0.0334. The van der Waals surface area contributed by atoms with E-state index in [2.05, 4.69) is 10.00 Å². The lowest BCUT2D eigenvalue weighted by Gasteiger charge is -2.41. The Morgan fingerprint density at radius 3 is 2.80 bits per heavy atom. The van der Waals surface area contributed by atoms with Crippen LogP contribution >= 0.6 is 0 Å². The van der Waals surface area contributed by atoms with E-state index in [0.717, 1.165) is 25.9 Å². The Balaban J connectivity index is 1.92. The summed E-state index contributed by atoms with van der Waals surface area (Å²) in [6, 6.07) is 0.313. The van der Waals surface area contributed by atoms with Gasteiger partial charge in [0.15, 0.2) is 5.82 Å². The fourth-order valence-electron chi connectivity index (χ4n) is 3.30. The second-order valence-electron chi connectivity index (χ2n) is 5.77. The van der Waals surface area contributed by atoms with E-state index < -0.39 is 10.0 Å². The topological polar surface area (TPSA) is 84.5 Å². The molecule has 3 rings (SSSR count). The summed E-state index contributed by atoms with van der Waals surface area (Å²) in [5, 5.41) is 3.94. The first-order valence-electron chi connectivity index (χ1n) is 6.94. The van der Waals surface area contributed by atoms with Gasteiger partial charge in [0.2, 0.25) is 10.0 Å². The third-order valence-electron chi connectivity index (χ3n) is 4.29. The van der Waals surface area contributed by atoms with Crippen molar-refractivity contribution >= 4 is 15.8 Å². The Morgan fingerprint density at radius 2 is 2.15 bits per heavy atom. The van der Waals surface area contributed by atoms with Gasteiger partial charge in [-0.1, -0.05) is 0 Å². The molecule has 0 saturated carbocycles. The van der Waals surface area contributed by atoms with Gasteiger partial charge in [0.1, 0.15) is 4.90 Å². The highest BCUT2D eigenvalue weighted by atomic mass is 32.2. The molecule has 2 aliphatic heterocycles. The minimum atomic E-state index is -3.56. The summed E-state index contributed by atoms with van der Waals surface area (Å²) < 4.78 is 28.6. The molecule has 1 aromatic rings. The van der Waals surface area contributed by atoms with Crippen LogP contribution in [0.4, 0.5) is 5.82 Å². The smallest absolute Gasteiger partial charge is 0.248 e. The predicted octanol–water partition coefficient (Wildman–Crippen LogP) is -0.140. The minimum Gasteiger partial charge on any atom is -0.381 e. The molecule has 112 valence electrons. The number of nitrogen functional groups attached to an aromatic ring is 1.